The smallest absolute Gasteiger partial charge is 0.314 e. The zero-order valence-electron chi connectivity index (χ0n) is 17.1. The molecule has 2 bridgehead atoms. The second kappa shape index (κ2) is 6.74. The Bertz CT molecular complexity index is 1170. The van der Waals surface area contributed by atoms with Gasteiger partial charge in [-0.1, -0.05) is 36.4 Å². The molecule has 2 aromatic rings. The summed E-state index contributed by atoms with van der Waals surface area (Å²) >= 11 is 0. The molecule has 0 amide bonds. The first-order valence-electron chi connectivity index (χ1n) is 10.2. The van der Waals surface area contributed by atoms with Crippen LogP contribution in [0.5, 0.6) is 0 Å². The highest BCUT2D eigenvalue weighted by atomic mass is 16.6. The number of hydrogen-bond donors (Lipinski definition) is 0. The molecule has 6 rings (SSSR count). The molecule has 1 fully saturated rings. The largest absolute Gasteiger partial charge is 0.460 e. The molecule has 3 atom stereocenters. The van der Waals surface area contributed by atoms with E-state index in [4.69, 9.17) is 4.74 Å². The van der Waals surface area contributed by atoms with E-state index >= 15 is 0 Å². The van der Waals surface area contributed by atoms with Gasteiger partial charge in [-0.25, -0.2) is 0 Å². The fourth-order valence-corrected chi connectivity index (χ4v) is 5.55. The van der Waals surface area contributed by atoms with Crippen LogP contribution in [0, 0.1) is 28.4 Å². The average Bonchev–Trinajstić information content (AvgIpc) is 3.02. The zero-order valence-corrected chi connectivity index (χ0v) is 17.1. The van der Waals surface area contributed by atoms with Gasteiger partial charge in [-0.3, -0.25) is 19.7 Å². The first kappa shape index (κ1) is 19.4. The van der Waals surface area contributed by atoms with Crippen molar-refractivity contribution in [3.05, 3.63) is 93.1 Å². The van der Waals surface area contributed by atoms with E-state index in [1.807, 2.05) is 31.2 Å². The number of rotatable bonds is 4. The van der Waals surface area contributed by atoms with E-state index in [-0.39, 0.29) is 30.0 Å². The van der Waals surface area contributed by atoms with E-state index in [2.05, 4.69) is 6.58 Å². The third-order valence-electron chi connectivity index (χ3n) is 6.91. The Labute approximate surface area is 179 Å². The van der Waals surface area contributed by atoms with E-state index < -0.39 is 16.3 Å². The molecule has 0 N–H and O–H groups in total. The van der Waals surface area contributed by atoms with Crippen molar-refractivity contribution in [2.24, 2.45) is 11.3 Å². The number of benzene rings is 2. The van der Waals surface area contributed by atoms with Gasteiger partial charge in [-0.05, 0) is 53.3 Å². The summed E-state index contributed by atoms with van der Waals surface area (Å²) < 4.78 is 5.71. The molecule has 6 nitrogen and oxygen atoms in total. The minimum atomic E-state index is -0.635. The molecule has 0 aliphatic heterocycles. The zero-order chi connectivity index (χ0) is 21.9. The maximum absolute atomic E-state index is 13.5. The molecule has 1 spiro atoms. The van der Waals surface area contributed by atoms with Crippen molar-refractivity contribution in [2.75, 3.05) is 0 Å². The summed E-state index contributed by atoms with van der Waals surface area (Å²) in [7, 11) is 0. The van der Waals surface area contributed by atoms with Crippen molar-refractivity contribution >= 4 is 23.0 Å². The van der Waals surface area contributed by atoms with Crippen molar-refractivity contribution in [3.63, 3.8) is 0 Å². The van der Waals surface area contributed by atoms with Crippen LogP contribution in [0.15, 0.2) is 60.7 Å². The Morgan fingerprint density at radius 3 is 2.65 bits per heavy atom. The maximum atomic E-state index is 13.5. The monoisotopic (exact) mass is 415 g/mol. The first-order chi connectivity index (χ1) is 14.8. The highest BCUT2D eigenvalue weighted by Crippen LogP contribution is 2.66. The number of carbonyl (C=O) groups excluding carboxylic acids is 2. The van der Waals surface area contributed by atoms with Crippen molar-refractivity contribution in [2.45, 2.75) is 32.3 Å². The second-order valence-electron chi connectivity index (χ2n) is 8.69. The number of ketones is 1. The van der Waals surface area contributed by atoms with Crippen LogP contribution in [0.4, 0.5) is 5.69 Å². The van der Waals surface area contributed by atoms with Gasteiger partial charge in [0.05, 0.1) is 16.8 Å². The summed E-state index contributed by atoms with van der Waals surface area (Å²) in [5.74, 6) is -1.10. The van der Waals surface area contributed by atoms with E-state index in [9.17, 15) is 19.7 Å². The highest BCUT2D eigenvalue weighted by Gasteiger charge is 2.60. The molecule has 2 aromatic carbocycles. The molecule has 0 radical (unpaired) electrons. The lowest BCUT2D eigenvalue weighted by molar-refractivity contribution is -0.384. The topological polar surface area (TPSA) is 86.5 Å². The average molecular weight is 415 g/mol. The molecule has 156 valence electrons. The fourth-order valence-electron chi connectivity index (χ4n) is 5.55. The number of nitrogens with zero attached hydrogens (tertiary/aromatic N) is 1. The number of Topliss-reactive ketones (excluding diaryl/α,β-unsaturated/α-hetero) is 1. The van der Waals surface area contributed by atoms with E-state index in [1.54, 1.807) is 12.1 Å². The molecule has 4 aliphatic carbocycles. The van der Waals surface area contributed by atoms with E-state index in [1.165, 1.54) is 12.1 Å². The number of ether oxygens (including phenoxy) is 1. The SMILES string of the molecule is C=C1C[C@]23CC(=O)[C@H]1C=C2c1cccc(C)c1[C@@H]3C(=O)OCc1ccc([N+](=O)[O-])cc1. The molecular formula is C25H21NO5. The number of hydrogen-bond acceptors (Lipinski definition) is 5. The fraction of sp³-hybridized carbons (Fsp3) is 0.280. The third kappa shape index (κ3) is 2.78. The summed E-state index contributed by atoms with van der Waals surface area (Å²) in [6.45, 7) is 6.12. The molecule has 6 heteroatoms. The van der Waals surface area contributed by atoms with Crippen molar-refractivity contribution in [1.29, 1.82) is 0 Å². The number of aryl methyl sites for hydroxylation is 1. The van der Waals surface area contributed by atoms with Gasteiger partial charge in [-0.2, -0.15) is 0 Å². The van der Waals surface area contributed by atoms with Gasteiger partial charge in [0.1, 0.15) is 12.4 Å². The Morgan fingerprint density at radius 1 is 1.23 bits per heavy atom. The predicted molar refractivity (Wildman–Crippen MR) is 114 cm³/mol. The van der Waals surface area contributed by atoms with Crippen LogP contribution in [0.3, 0.4) is 0 Å². The first-order valence-corrected chi connectivity index (χ1v) is 10.2. The molecule has 4 aliphatic rings. The van der Waals surface area contributed by atoms with Crippen molar-refractivity contribution < 1.29 is 19.2 Å². The number of allylic oxidation sites excluding steroid dienone is 3. The minimum Gasteiger partial charge on any atom is -0.460 e. The minimum absolute atomic E-state index is 0.0138. The number of nitro benzene ring substituents is 1. The number of carbonyl (C=O) groups is 2. The van der Waals surface area contributed by atoms with Crippen LogP contribution >= 0.6 is 0 Å². The Balaban J connectivity index is 1.50. The van der Waals surface area contributed by atoms with Crippen LogP contribution in [0.1, 0.15) is 41.0 Å². The lowest BCUT2D eigenvalue weighted by Crippen LogP contribution is -2.44. The molecule has 0 unspecified atom stereocenters. The van der Waals surface area contributed by atoms with Gasteiger partial charge in [0.2, 0.25) is 0 Å². The van der Waals surface area contributed by atoms with Crippen molar-refractivity contribution in [3.8, 4) is 0 Å². The van der Waals surface area contributed by atoms with Crippen LogP contribution in [-0.2, 0) is 20.9 Å². The van der Waals surface area contributed by atoms with Gasteiger partial charge in [0, 0.05) is 24.0 Å². The lowest BCUT2D eigenvalue weighted by atomic mass is 9.56. The van der Waals surface area contributed by atoms with Gasteiger partial charge < -0.3 is 4.74 Å². The number of fused-ring (bicyclic) bond motifs is 3. The van der Waals surface area contributed by atoms with Gasteiger partial charge in [0.25, 0.3) is 5.69 Å². The predicted octanol–water partition coefficient (Wildman–Crippen LogP) is 4.66. The molecule has 1 saturated carbocycles. The molecule has 31 heavy (non-hydrogen) atoms. The highest BCUT2D eigenvalue weighted by molar-refractivity contribution is 6.03. The summed E-state index contributed by atoms with van der Waals surface area (Å²) in [4.78, 5) is 36.6. The quantitative estimate of drug-likeness (QED) is 0.314. The molecular weight excluding hydrogens is 394 g/mol. The summed E-state index contributed by atoms with van der Waals surface area (Å²) in [6.07, 6.45) is 2.91. The maximum Gasteiger partial charge on any atom is 0.314 e. The summed E-state index contributed by atoms with van der Waals surface area (Å²) in [5, 5.41) is 10.8. The summed E-state index contributed by atoms with van der Waals surface area (Å²) in [5.41, 5.74) is 4.92. The third-order valence-corrected chi connectivity index (χ3v) is 6.91. The summed E-state index contributed by atoms with van der Waals surface area (Å²) in [6, 6.07) is 11.9. The number of nitro groups is 1. The Hall–Kier alpha value is -3.54. The molecule has 0 heterocycles. The molecule has 0 aromatic heterocycles. The van der Waals surface area contributed by atoms with Crippen LogP contribution in [0.2, 0.25) is 0 Å². The van der Waals surface area contributed by atoms with Crippen molar-refractivity contribution in [1.82, 2.24) is 0 Å². The van der Waals surface area contributed by atoms with Gasteiger partial charge in [0.15, 0.2) is 0 Å². The Kier molecular flexibility index (Phi) is 4.22. The van der Waals surface area contributed by atoms with Crippen LogP contribution in [0.25, 0.3) is 5.57 Å². The van der Waals surface area contributed by atoms with Crippen LogP contribution < -0.4 is 0 Å². The number of non-ortho nitro benzene ring substituents is 1. The van der Waals surface area contributed by atoms with E-state index in [0.717, 1.165) is 27.8 Å². The van der Waals surface area contributed by atoms with Crippen LogP contribution in [-0.4, -0.2) is 16.7 Å². The Morgan fingerprint density at radius 2 is 1.97 bits per heavy atom. The molecule has 0 saturated heterocycles. The van der Waals surface area contributed by atoms with Gasteiger partial charge in [-0.15, -0.1) is 0 Å². The lowest BCUT2D eigenvalue weighted by Gasteiger charge is -2.46. The van der Waals surface area contributed by atoms with E-state index in [0.29, 0.717) is 18.4 Å². The second-order valence-corrected chi connectivity index (χ2v) is 8.69. The number of esters is 1. The van der Waals surface area contributed by atoms with Gasteiger partial charge >= 0.3 is 5.97 Å². The standard InChI is InChI=1S/C25H21NO5/c1-14-4-3-5-18-20-10-19-15(2)11-25(20,12-21(19)27)23(22(14)18)24(28)31-13-16-6-8-17(9-7-16)26(29)30/h3-10,19,23H,2,11-13H2,1H3/t19-,23+,25-/m0/s1. The normalized spacial score (nSPS) is 25.6.